The van der Waals surface area contributed by atoms with Crippen molar-refractivity contribution in [3.63, 3.8) is 0 Å². The zero-order valence-corrected chi connectivity index (χ0v) is 11.1. The van der Waals surface area contributed by atoms with Gasteiger partial charge in [-0.3, -0.25) is 0 Å². The molecule has 0 spiro atoms. The van der Waals surface area contributed by atoms with E-state index in [1.54, 1.807) is 18.3 Å². The monoisotopic (exact) mass is 276 g/mol. The highest BCUT2D eigenvalue weighted by Crippen LogP contribution is 2.23. The number of hydrogen-bond acceptors (Lipinski definition) is 3. The number of nitrogens with one attached hydrogen (secondary N) is 1. The van der Waals surface area contributed by atoms with Crippen molar-refractivity contribution in [2.24, 2.45) is 0 Å². The molecule has 3 heterocycles. The molecular formula is C16H12N4O. The van der Waals surface area contributed by atoms with Gasteiger partial charge in [0, 0.05) is 29.5 Å². The SMILES string of the molecule is Oc1ccc(-c2ccn(-c3ccnc4[nH]ccc34)n2)cc1. The molecule has 0 fully saturated rings. The highest BCUT2D eigenvalue weighted by atomic mass is 16.3. The molecule has 3 aromatic heterocycles. The van der Waals surface area contributed by atoms with Crippen molar-refractivity contribution in [1.29, 1.82) is 0 Å². The summed E-state index contributed by atoms with van der Waals surface area (Å²) in [4.78, 5) is 7.37. The van der Waals surface area contributed by atoms with Gasteiger partial charge in [-0.1, -0.05) is 0 Å². The van der Waals surface area contributed by atoms with Crippen LogP contribution in [0.5, 0.6) is 5.75 Å². The molecular weight excluding hydrogens is 264 g/mol. The lowest BCUT2D eigenvalue weighted by molar-refractivity contribution is 0.475. The normalized spacial score (nSPS) is 11.0. The lowest BCUT2D eigenvalue weighted by Gasteiger charge is -2.03. The third-order valence-corrected chi connectivity index (χ3v) is 3.44. The molecule has 21 heavy (non-hydrogen) atoms. The average molecular weight is 276 g/mol. The molecule has 0 amide bonds. The third kappa shape index (κ3) is 1.95. The second-order valence-electron chi connectivity index (χ2n) is 4.76. The number of fused-ring (bicyclic) bond motifs is 1. The van der Waals surface area contributed by atoms with Crippen LogP contribution in [0.1, 0.15) is 0 Å². The van der Waals surface area contributed by atoms with E-state index in [1.165, 1.54) is 0 Å². The smallest absolute Gasteiger partial charge is 0.139 e. The highest BCUT2D eigenvalue weighted by Gasteiger charge is 2.08. The molecule has 0 atom stereocenters. The number of aromatic nitrogens is 4. The molecule has 5 nitrogen and oxygen atoms in total. The first-order valence-electron chi connectivity index (χ1n) is 6.59. The van der Waals surface area contributed by atoms with Gasteiger partial charge in [0.15, 0.2) is 0 Å². The standard InChI is InChI=1S/C16H12N4O/c21-12-3-1-11(2-4-12)14-7-10-20(19-14)15-6-9-18-16-13(15)5-8-17-16/h1-10,21H,(H,17,18). The van der Waals surface area contributed by atoms with E-state index in [9.17, 15) is 5.11 Å². The Hall–Kier alpha value is -3.08. The molecule has 0 saturated carbocycles. The van der Waals surface area contributed by atoms with Crippen molar-refractivity contribution in [1.82, 2.24) is 19.7 Å². The maximum atomic E-state index is 9.35. The number of phenols is 1. The van der Waals surface area contributed by atoms with Crippen LogP contribution < -0.4 is 0 Å². The van der Waals surface area contributed by atoms with E-state index in [-0.39, 0.29) is 5.75 Å². The molecule has 0 radical (unpaired) electrons. The summed E-state index contributed by atoms with van der Waals surface area (Å²) in [5, 5.41) is 15.0. The summed E-state index contributed by atoms with van der Waals surface area (Å²) in [6.45, 7) is 0. The van der Waals surface area contributed by atoms with E-state index < -0.39 is 0 Å². The predicted molar refractivity (Wildman–Crippen MR) is 80.3 cm³/mol. The Labute approximate surface area is 120 Å². The molecule has 5 heteroatoms. The van der Waals surface area contributed by atoms with Crippen molar-refractivity contribution < 1.29 is 5.11 Å². The van der Waals surface area contributed by atoms with Gasteiger partial charge in [0.25, 0.3) is 0 Å². The Morgan fingerprint density at radius 1 is 1.00 bits per heavy atom. The molecule has 0 aliphatic carbocycles. The van der Waals surface area contributed by atoms with Gasteiger partial charge in [0.2, 0.25) is 0 Å². The molecule has 0 aliphatic rings. The largest absolute Gasteiger partial charge is 0.508 e. The Balaban J connectivity index is 1.81. The van der Waals surface area contributed by atoms with Gasteiger partial charge >= 0.3 is 0 Å². The minimum atomic E-state index is 0.251. The summed E-state index contributed by atoms with van der Waals surface area (Å²) >= 11 is 0. The zero-order chi connectivity index (χ0) is 14.2. The van der Waals surface area contributed by atoms with Gasteiger partial charge in [-0.25, -0.2) is 9.67 Å². The summed E-state index contributed by atoms with van der Waals surface area (Å²) in [5.41, 5.74) is 3.64. The van der Waals surface area contributed by atoms with Crippen molar-refractivity contribution in [3.8, 4) is 22.7 Å². The maximum Gasteiger partial charge on any atom is 0.139 e. The Bertz CT molecular complexity index is 905. The number of H-pyrrole nitrogens is 1. The second kappa shape index (κ2) is 4.49. The van der Waals surface area contributed by atoms with E-state index >= 15 is 0 Å². The molecule has 0 saturated heterocycles. The van der Waals surface area contributed by atoms with Gasteiger partial charge in [0.05, 0.1) is 11.4 Å². The molecule has 4 aromatic rings. The number of rotatable bonds is 2. The number of phenolic OH excluding ortho intramolecular Hbond substituents is 1. The first kappa shape index (κ1) is 11.7. The van der Waals surface area contributed by atoms with Crippen molar-refractivity contribution >= 4 is 11.0 Å². The van der Waals surface area contributed by atoms with Gasteiger partial charge in [0.1, 0.15) is 11.4 Å². The molecule has 0 unspecified atom stereocenters. The summed E-state index contributed by atoms with van der Waals surface area (Å²) in [6.07, 6.45) is 5.55. The van der Waals surface area contributed by atoms with Crippen LogP contribution in [0.15, 0.2) is 61.1 Å². The molecule has 102 valence electrons. The van der Waals surface area contributed by atoms with E-state index in [2.05, 4.69) is 15.1 Å². The summed E-state index contributed by atoms with van der Waals surface area (Å²) in [6, 6.07) is 12.9. The minimum Gasteiger partial charge on any atom is -0.508 e. The van der Waals surface area contributed by atoms with Gasteiger partial charge in [-0.15, -0.1) is 0 Å². The van der Waals surface area contributed by atoms with Crippen LogP contribution in [0.3, 0.4) is 0 Å². The topological polar surface area (TPSA) is 66.7 Å². The van der Waals surface area contributed by atoms with Crippen LogP contribution in [0, 0.1) is 0 Å². The lowest BCUT2D eigenvalue weighted by atomic mass is 10.1. The number of pyridine rings is 1. The van der Waals surface area contributed by atoms with Crippen LogP contribution in [-0.2, 0) is 0 Å². The minimum absolute atomic E-state index is 0.251. The first-order chi connectivity index (χ1) is 10.3. The van der Waals surface area contributed by atoms with Gasteiger partial charge < -0.3 is 10.1 Å². The van der Waals surface area contributed by atoms with Crippen LogP contribution >= 0.6 is 0 Å². The van der Waals surface area contributed by atoms with Gasteiger partial charge in [-0.05, 0) is 42.5 Å². The molecule has 0 aliphatic heterocycles. The van der Waals surface area contributed by atoms with Crippen molar-refractivity contribution in [2.75, 3.05) is 0 Å². The van der Waals surface area contributed by atoms with E-state index in [0.29, 0.717) is 0 Å². The molecule has 2 N–H and O–H groups in total. The maximum absolute atomic E-state index is 9.35. The van der Waals surface area contributed by atoms with Gasteiger partial charge in [-0.2, -0.15) is 5.10 Å². The predicted octanol–water partition coefficient (Wildman–Crippen LogP) is 3.12. The lowest BCUT2D eigenvalue weighted by Crippen LogP contribution is -1.96. The zero-order valence-electron chi connectivity index (χ0n) is 11.1. The molecule has 1 aromatic carbocycles. The number of aromatic amines is 1. The van der Waals surface area contributed by atoms with E-state index in [1.807, 2.05) is 47.4 Å². The van der Waals surface area contributed by atoms with E-state index in [4.69, 9.17) is 0 Å². The Morgan fingerprint density at radius 2 is 1.86 bits per heavy atom. The Morgan fingerprint density at radius 3 is 2.71 bits per heavy atom. The van der Waals surface area contributed by atoms with E-state index in [0.717, 1.165) is 28.0 Å². The summed E-state index contributed by atoms with van der Waals surface area (Å²) < 4.78 is 1.83. The number of benzene rings is 1. The summed E-state index contributed by atoms with van der Waals surface area (Å²) in [5.74, 6) is 0.251. The van der Waals surface area contributed by atoms with Crippen LogP contribution in [0.2, 0.25) is 0 Å². The van der Waals surface area contributed by atoms with Crippen molar-refractivity contribution in [3.05, 3.63) is 61.1 Å². The number of hydrogen-bond donors (Lipinski definition) is 2. The molecule has 0 bridgehead atoms. The fourth-order valence-electron chi connectivity index (χ4n) is 2.39. The quantitative estimate of drug-likeness (QED) is 0.591. The molecule has 4 rings (SSSR count). The third-order valence-electron chi connectivity index (χ3n) is 3.44. The van der Waals surface area contributed by atoms with Crippen LogP contribution in [0.25, 0.3) is 28.0 Å². The number of aromatic hydroxyl groups is 1. The fraction of sp³-hybridized carbons (Fsp3) is 0. The van der Waals surface area contributed by atoms with Crippen molar-refractivity contribution in [2.45, 2.75) is 0 Å². The second-order valence-corrected chi connectivity index (χ2v) is 4.76. The summed E-state index contributed by atoms with van der Waals surface area (Å²) in [7, 11) is 0. The highest BCUT2D eigenvalue weighted by molar-refractivity contribution is 5.84. The number of nitrogens with zero attached hydrogens (tertiary/aromatic N) is 3. The first-order valence-corrected chi connectivity index (χ1v) is 6.59. The fourth-order valence-corrected chi connectivity index (χ4v) is 2.39. The Kier molecular flexibility index (Phi) is 2.50. The van der Waals surface area contributed by atoms with Crippen LogP contribution in [-0.4, -0.2) is 24.9 Å². The van der Waals surface area contributed by atoms with Crippen LogP contribution in [0.4, 0.5) is 0 Å². The average Bonchev–Trinajstić information content (AvgIpc) is 3.16.